The van der Waals surface area contributed by atoms with Crippen LogP contribution in [0.15, 0.2) is 6.20 Å². The predicted molar refractivity (Wildman–Crippen MR) is 77.1 cm³/mol. The Morgan fingerprint density at radius 2 is 2.33 bits per heavy atom. The molecule has 0 spiro atoms. The summed E-state index contributed by atoms with van der Waals surface area (Å²) in [7, 11) is 1.83. The van der Waals surface area contributed by atoms with Gasteiger partial charge in [0, 0.05) is 26.0 Å². The highest BCUT2D eigenvalue weighted by molar-refractivity contribution is 5.95. The molecule has 1 aromatic heterocycles. The van der Waals surface area contributed by atoms with Crippen LogP contribution in [0.5, 0.6) is 0 Å². The minimum absolute atomic E-state index is 0.0558. The van der Waals surface area contributed by atoms with Crippen molar-refractivity contribution in [3.05, 3.63) is 17.5 Å². The molecule has 3 rings (SSSR count). The van der Waals surface area contributed by atoms with Gasteiger partial charge in [-0.15, -0.1) is 0 Å². The van der Waals surface area contributed by atoms with Gasteiger partial charge in [-0.25, -0.2) is 0 Å². The van der Waals surface area contributed by atoms with Crippen LogP contribution in [0.25, 0.3) is 0 Å². The molecule has 116 valence electrons. The summed E-state index contributed by atoms with van der Waals surface area (Å²) in [6, 6.07) is -0.0791. The van der Waals surface area contributed by atoms with Crippen LogP contribution in [-0.4, -0.2) is 47.7 Å². The second-order valence-corrected chi connectivity index (χ2v) is 6.03. The topological polar surface area (TPSA) is 65.4 Å². The molecule has 1 saturated carbocycles. The first kappa shape index (κ1) is 14.5. The summed E-state index contributed by atoms with van der Waals surface area (Å²) >= 11 is 0. The maximum absolute atomic E-state index is 12.4. The number of carbonyl (C=O) groups excluding carboxylic acids is 1. The van der Waals surface area contributed by atoms with Crippen molar-refractivity contribution in [2.75, 3.05) is 19.8 Å². The number of hydrogen-bond acceptors (Lipinski definition) is 4. The molecule has 1 aromatic rings. The first-order valence-electron chi connectivity index (χ1n) is 7.64. The van der Waals surface area contributed by atoms with Gasteiger partial charge >= 0.3 is 0 Å². The van der Waals surface area contributed by atoms with Gasteiger partial charge < -0.3 is 14.8 Å². The van der Waals surface area contributed by atoms with Gasteiger partial charge in [0.25, 0.3) is 5.91 Å². The lowest BCUT2D eigenvalue weighted by Gasteiger charge is -2.32. The van der Waals surface area contributed by atoms with E-state index < -0.39 is 0 Å². The van der Waals surface area contributed by atoms with Gasteiger partial charge in [-0.2, -0.15) is 5.10 Å². The number of amides is 1. The molecule has 2 fully saturated rings. The van der Waals surface area contributed by atoms with Crippen molar-refractivity contribution < 1.29 is 14.3 Å². The molecule has 2 heterocycles. The molecule has 6 nitrogen and oxygen atoms in total. The van der Waals surface area contributed by atoms with Crippen molar-refractivity contribution >= 4 is 5.91 Å². The zero-order valence-electron chi connectivity index (χ0n) is 12.7. The van der Waals surface area contributed by atoms with Crippen LogP contribution in [0.4, 0.5) is 0 Å². The third kappa shape index (κ3) is 3.44. The van der Waals surface area contributed by atoms with E-state index >= 15 is 0 Å². The van der Waals surface area contributed by atoms with Gasteiger partial charge in [0.2, 0.25) is 0 Å². The van der Waals surface area contributed by atoms with Gasteiger partial charge in [0.05, 0.1) is 30.5 Å². The van der Waals surface area contributed by atoms with E-state index in [1.165, 1.54) is 12.8 Å². The zero-order chi connectivity index (χ0) is 14.8. The van der Waals surface area contributed by atoms with Crippen molar-refractivity contribution in [1.29, 1.82) is 0 Å². The van der Waals surface area contributed by atoms with Crippen LogP contribution in [0, 0.1) is 12.8 Å². The number of hydrogen-bond donors (Lipinski definition) is 1. The standard InChI is InChI=1S/C15H23N3O3/c1-10-12(7-16-18(10)2)15(19)17-13-9-20-6-5-14(13)21-8-11-3-4-11/h7,11,13-14H,3-6,8-9H2,1-2H3,(H,17,19)/t13-,14+/m1/s1. The van der Waals surface area contributed by atoms with E-state index in [9.17, 15) is 4.79 Å². The lowest BCUT2D eigenvalue weighted by molar-refractivity contribution is -0.0567. The SMILES string of the molecule is Cc1c(C(=O)N[C@@H]2COCC[C@@H]2OCC2CC2)cnn1C. The van der Waals surface area contributed by atoms with Crippen molar-refractivity contribution in [3.8, 4) is 0 Å². The third-order valence-corrected chi connectivity index (χ3v) is 4.33. The molecule has 2 atom stereocenters. The predicted octanol–water partition coefficient (Wildman–Crippen LogP) is 1.04. The Morgan fingerprint density at radius 1 is 1.52 bits per heavy atom. The maximum atomic E-state index is 12.4. The molecule has 1 N–H and O–H groups in total. The van der Waals surface area contributed by atoms with E-state index in [-0.39, 0.29) is 18.1 Å². The smallest absolute Gasteiger partial charge is 0.255 e. The van der Waals surface area contributed by atoms with Gasteiger partial charge in [-0.3, -0.25) is 9.48 Å². The number of ether oxygens (including phenoxy) is 2. The number of aryl methyl sites for hydroxylation is 1. The van der Waals surface area contributed by atoms with Crippen LogP contribution >= 0.6 is 0 Å². The molecular weight excluding hydrogens is 270 g/mol. The summed E-state index contributed by atoms with van der Waals surface area (Å²) in [6.07, 6.45) is 5.04. The fourth-order valence-corrected chi connectivity index (χ4v) is 2.56. The number of carbonyl (C=O) groups is 1. The summed E-state index contributed by atoms with van der Waals surface area (Å²) < 4.78 is 13.2. The number of aromatic nitrogens is 2. The largest absolute Gasteiger partial charge is 0.379 e. The average molecular weight is 293 g/mol. The van der Waals surface area contributed by atoms with Crippen molar-refractivity contribution in [2.45, 2.75) is 38.3 Å². The number of nitrogens with zero attached hydrogens (tertiary/aromatic N) is 2. The Kier molecular flexibility index (Phi) is 4.26. The molecule has 0 radical (unpaired) electrons. The highest BCUT2D eigenvalue weighted by Gasteiger charge is 2.31. The van der Waals surface area contributed by atoms with Crippen molar-refractivity contribution in [3.63, 3.8) is 0 Å². The molecule has 1 aliphatic heterocycles. The minimum atomic E-state index is -0.101. The van der Waals surface area contributed by atoms with Gasteiger partial charge in [0.15, 0.2) is 0 Å². The van der Waals surface area contributed by atoms with E-state index in [0.29, 0.717) is 18.8 Å². The molecule has 1 saturated heterocycles. The van der Waals surface area contributed by atoms with Crippen LogP contribution in [0.3, 0.4) is 0 Å². The Balaban J connectivity index is 1.60. The third-order valence-electron chi connectivity index (χ3n) is 4.33. The minimum Gasteiger partial charge on any atom is -0.379 e. The quantitative estimate of drug-likeness (QED) is 0.881. The lowest BCUT2D eigenvalue weighted by Crippen LogP contribution is -2.50. The molecular formula is C15H23N3O3. The molecule has 6 heteroatoms. The van der Waals surface area contributed by atoms with Crippen LogP contribution < -0.4 is 5.32 Å². The van der Waals surface area contributed by atoms with E-state index in [1.807, 2.05) is 14.0 Å². The van der Waals surface area contributed by atoms with E-state index in [4.69, 9.17) is 9.47 Å². The first-order chi connectivity index (χ1) is 10.1. The molecule has 0 aromatic carbocycles. The van der Waals surface area contributed by atoms with Gasteiger partial charge in [0.1, 0.15) is 0 Å². The summed E-state index contributed by atoms with van der Waals surface area (Å²) in [5, 5.41) is 7.15. The summed E-state index contributed by atoms with van der Waals surface area (Å²) in [5.41, 5.74) is 1.48. The number of nitrogens with one attached hydrogen (secondary N) is 1. The molecule has 0 bridgehead atoms. The van der Waals surface area contributed by atoms with Gasteiger partial charge in [-0.05, 0) is 32.1 Å². The van der Waals surface area contributed by atoms with Crippen LogP contribution in [-0.2, 0) is 16.5 Å². The van der Waals surface area contributed by atoms with E-state index in [0.717, 1.165) is 24.6 Å². The van der Waals surface area contributed by atoms with Gasteiger partial charge in [-0.1, -0.05) is 0 Å². The Bertz CT molecular complexity index is 510. The van der Waals surface area contributed by atoms with Crippen LogP contribution in [0.2, 0.25) is 0 Å². The zero-order valence-corrected chi connectivity index (χ0v) is 12.7. The molecule has 1 aliphatic carbocycles. The second kappa shape index (κ2) is 6.15. The summed E-state index contributed by atoms with van der Waals surface area (Å²) in [5.74, 6) is 0.626. The van der Waals surface area contributed by atoms with E-state index in [2.05, 4.69) is 10.4 Å². The van der Waals surface area contributed by atoms with Crippen LogP contribution in [0.1, 0.15) is 35.3 Å². The summed E-state index contributed by atoms with van der Waals surface area (Å²) in [4.78, 5) is 12.4. The summed E-state index contributed by atoms with van der Waals surface area (Å²) in [6.45, 7) is 3.91. The highest BCUT2D eigenvalue weighted by atomic mass is 16.5. The normalized spacial score (nSPS) is 25.8. The lowest BCUT2D eigenvalue weighted by atomic mass is 10.1. The molecule has 2 aliphatic rings. The Hall–Kier alpha value is -1.40. The monoisotopic (exact) mass is 293 g/mol. The number of rotatable bonds is 5. The molecule has 21 heavy (non-hydrogen) atoms. The van der Waals surface area contributed by atoms with Crippen molar-refractivity contribution in [1.82, 2.24) is 15.1 Å². The molecule has 0 unspecified atom stereocenters. The average Bonchev–Trinajstić information content (AvgIpc) is 3.24. The van der Waals surface area contributed by atoms with E-state index in [1.54, 1.807) is 10.9 Å². The highest BCUT2D eigenvalue weighted by Crippen LogP contribution is 2.30. The maximum Gasteiger partial charge on any atom is 0.255 e. The van der Waals surface area contributed by atoms with Crippen molar-refractivity contribution in [2.24, 2.45) is 13.0 Å². The first-order valence-corrected chi connectivity index (χ1v) is 7.64. The Labute approximate surface area is 124 Å². The molecule has 1 amide bonds. The second-order valence-electron chi connectivity index (χ2n) is 6.03. The fourth-order valence-electron chi connectivity index (χ4n) is 2.56. The fraction of sp³-hybridized carbons (Fsp3) is 0.733. The Morgan fingerprint density at radius 3 is 3.00 bits per heavy atom.